The molecule has 0 saturated carbocycles. The summed E-state index contributed by atoms with van der Waals surface area (Å²) in [5.41, 5.74) is 0.355. The number of pyridine rings is 1. The highest BCUT2D eigenvalue weighted by molar-refractivity contribution is 9.10. The summed E-state index contributed by atoms with van der Waals surface area (Å²) in [4.78, 5) is 26.9. The van der Waals surface area contributed by atoms with Gasteiger partial charge in [0.1, 0.15) is 5.69 Å². The summed E-state index contributed by atoms with van der Waals surface area (Å²) in [5.74, 6) is -0.318. The Morgan fingerprint density at radius 3 is 2.50 bits per heavy atom. The Hall–Kier alpha value is -1.43. The second-order valence-electron chi connectivity index (χ2n) is 4.06. The molecule has 5 nitrogen and oxygen atoms in total. The van der Waals surface area contributed by atoms with Crippen LogP contribution in [0.5, 0.6) is 0 Å². The van der Waals surface area contributed by atoms with Crippen molar-refractivity contribution < 1.29 is 9.59 Å². The van der Waals surface area contributed by atoms with Gasteiger partial charge in [0.25, 0.3) is 5.91 Å². The van der Waals surface area contributed by atoms with E-state index in [0.717, 1.165) is 4.47 Å². The maximum Gasteiger partial charge on any atom is 0.269 e. The van der Waals surface area contributed by atoms with Gasteiger partial charge in [0.2, 0.25) is 5.91 Å². The van der Waals surface area contributed by atoms with Crippen LogP contribution in [0.25, 0.3) is 0 Å². The number of carbonyl (C=O) groups is 2. The fraction of sp³-hybridized carbons (Fsp3) is 0.417. The average Bonchev–Trinajstić information content (AvgIpc) is 2.34. The lowest BCUT2D eigenvalue weighted by atomic mass is 10.2. The molecule has 1 aromatic heterocycles. The van der Waals surface area contributed by atoms with Gasteiger partial charge in [0.15, 0.2) is 0 Å². The normalized spacial score (nSPS) is 10.2. The smallest absolute Gasteiger partial charge is 0.269 e. The molecule has 0 atom stereocenters. The first-order valence-electron chi connectivity index (χ1n) is 5.68. The van der Waals surface area contributed by atoms with Crippen LogP contribution in [0.1, 0.15) is 24.3 Å². The minimum Gasteiger partial charge on any atom is -0.354 e. The minimum absolute atomic E-state index is 0.0222. The molecule has 0 bridgehead atoms. The molecule has 1 heterocycles. The number of carbonyl (C=O) groups excluding carboxylic acids is 2. The van der Waals surface area contributed by atoms with Gasteiger partial charge in [-0.3, -0.25) is 9.59 Å². The van der Waals surface area contributed by atoms with Gasteiger partial charge in [-0.1, -0.05) is 13.8 Å². The number of hydrogen-bond donors (Lipinski definition) is 2. The molecular formula is C12H16BrN3O2. The third-order valence-electron chi connectivity index (χ3n) is 2.19. The second-order valence-corrected chi connectivity index (χ2v) is 4.98. The molecule has 0 aromatic carbocycles. The van der Waals surface area contributed by atoms with Gasteiger partial charge in [-0.25, -0.2) is 4.98 Å². The molecule has 18 heavy (non-hydrogen) atoms. The van der Waals surface area contributed by atoms with E-state index in [0.29, 0.717) is 18.8 Å². The van der Waals surface area contributed by atoms with E-state index in [4.69, 9.17) is 0 Å². The van der Waals surface area contributed by atoms with E-state index < -0.39 is 0 Å². The van der Waals surface area contributed by atoms with Crippen LogP contribution in [0.2, 0.25) is 0 Å². The molecule has 0 aliphatic heterocycles. The summed E-state index contributed by atoms with van der Waals surface area (Å²) in [6.45, 7) is 4.44. The van der Waals surface area contributed by atoms with Crippen LogP contribution in [0.4, 0.5) is 0 Å². The molecule has 1 aromatic rings. The number of amides is 2. The Balaban J connectivity index is 2.29. The van der Waals surface area contributed by atoms with Gasteiger partial charge in [-0.15, -0.1) is 0 Å². The maximum absolute atomic E-state index is 11.6. The van der Waals surface area contributed by atoms with Crippen molar-refractivity contribution in [3.05, 3.63) is 28.5 Å². The molecule has 6 heteroatoms. The van der Waals surface area contributed by atoms with Gasteiger partial charge < -0.3 is 10.6 Å². The van der Waals surface area contributed by atoms with E-state index in [2.05, 4.69) is 31.5 Å². The molecule has 0 aliphatic rings. The first kappa shape index (κ1) is 14.6. The molecule has 0 fully saturated rings. The average molecular weight is 314 g/mol. The van der Waals surface area contributed by atoms with Crippen LogP contribution in [0, 0.1) is 5.92 Å². The highest BCUT2D eigenvalue weighted by atomic mass is 79.9. The highest BCUT2D eigenvalue weighted by Gasteiger charge is 2.07. The Kier molecular flexibility index (Phi) is 5.77. The molecule has 0 spiro atoms. The second kappa shape index (κ2) is 7.10. The Bertz CT molecular complexity index is 418. The maximum atomic E-state index is 11.6. The number of nitrogens with zero attached hydrogens (tertiary/aromatic N) is 1. The molecule has 1 rings (SSSR count). The first-order valence-corrected chi connectivity index (χ1v) is 6.47. The Labute approximate surface area is 114 Å². The van der Waals surface area contributed by atoms with Crippen molar-refractivity contribution in [2.75, 3.05) is 13.1 Å². The number of aromatic nitrogens is 1. The number of hydrogen-bond acceptors (Lipinski definition) is 3. The van der Waals surface area contributed by atoms with Gasteiger partial charge in [0.05, 0.1) is 0 Å². The van der Waals surface area contributed by atoms with Crippen LogP contribution in [0.3, 0.4) is 0 Å². The number of rotatable bonds is 5. The molecule has 2 N–H and O–H groups in total. The monoisotopic (exact) mass is 313 g/mol. The molecular weight excluding hydrogens is 298 g/mol. The van der Waals surface area contributed by atoms with Crippen LogP contribution in [0.15, 0.2) is 22.8 Å². The van der Waals surface area contributed by atoms with Crippen LogP contribution in [-0.4, -0.2) is 29.9 Å². The zero-order chi connectivity index (χ0) is 13.5. The summed E-state index contributed by atoms with van der Waals surface area (Å²) >= 11 is 3.25. The van der Waals surface area contributed by atoms with Crippen LogP contribution < -0.4 is 10.6 Å². The first-order chi connectivity index (χ1) is 8.50. The fourth-order valence-corrected chi connectivity index (χ4v) is 1.40. The SMILES string of the molecule is CC(C)C(=O)NCCNC(=O)c1ccc(Br)cn1. The summed E-state index contributed by atoms with van der Waals surface area (Å²) in [5, 5.41) is 5.40. The Morgan fingerprint density at radius 2 is 1.94 bits per heavy atom. The highest BCUT2D eigenvalue weighted by Crippen LogP contribution is 2.06. The summed E-state index contributed by atoms with van der Waals surface area (Å²) < 4.78 is 0.822. The third kappa shape index (κ3) is 4.83. The van der Waals surface area contributed by atoms with E-state index in [1.165, 1.54) is 0 Å². The van der Waals surface area contributed by atoms with E-state index >= 15 is 0 Å². The molecule has 2 amide bonds. The predicted molar refractivity (Wildman–Crippen MR) is 72.1 cm³/mol. The summed E-state index contributed by atoms with van der Waals surface area (Å²) in [7, 11) is 0. The van der Waals surface area contributed by atoms with E-state index in [1.807, 2.05) is 13.8 Å². The zero-order valence-corrected chi connectivity index (χ0v) is 12.0. The predicted octanol–water partition coefficient (Wildman–Crippen LogP) is 1.35. The quantitative estimate of drug-likeness (QED) is 0.806. The van der Waals surface area contributed by atoms with Crippen LogP contribution >= 0.6 is 15.9 Å². The molecule has 0 unspecified atom stereocenters. The van der Waals surface area contributed by atoms with Crippen molar-refractivity contribution in [1.29, 1.82) is 0 Å². The van der Waals surface area contributed by atoms with Crippen molar-refractivity contribution in [2.24, 2.45) is 5.92 Å². The van der Waals surface area contributed by atoms with Crippen molar-refractivity contribution in [3.8, 4) is 0 Å². The van der Waals surface area contributed by atoms with Crippen molar-refractivity contribution in [3.63, 3.8) is 0 Å². The standard InChI is InChI=1S/C12H16BrN3O2/c1-8(2)11(17)14-5-6-15-12(18)10-4-3-9(13)7-16-10/h3-4,7-8H,5-6H2,1-2H3,(H,14,17)(H,15,18). The summed E-state index contributed by atoms with van der Waals surface area (Å²) in [6, 6.07) is 3.38. The molecule has 0 aliphatic carbocycles. The van der Waals surface area contributed by atoms with Crippen molar-refractivity contribution in [1.82, 2.24) is 15.6 Å². The topological polar surface area (TPSA) is 71.1 Å². The van der Waals surface area contributed by atoms with E-state index in [1.54, 1.807) is 18.3 Å². The fourth-order valence-electron chi connectivity index (χ4n) is 1.17. The largest absolute Gasteiger partial charge is 0.354 e. The van der Waals surface area contributed by atoms with Crippen LogP contribution in [-0.2, 0) is 4.79 Å². The summed E-state index contributed by atoms with van der Waals surface area (Å²) in [6.07, 6.45) is 1.56. The van der Waals surface area contributed by atoms with Gasteiger partial charge >= 0.3 is 0 Å². The lowest BCUT2D eigenvalue weighted by molar-refractivity contribution is -0.123. The van der Waals surface area contributed by atoms with E-state index in [9.17, 15) is 9.59 Å². The number of nitrogens with one attached hydrogen (secondary N) is 2. The minimum atomic E-state index is -0.249. The van der Waals surface area contributed by atoms with Gasteiger partial charge in [0, 0.05) is 29.7 Å². The zero-order valence-electron chi connectivity index (χ0n) is 10.4. The van der Waals surface area contributed by atoms with Gasteiger partial charge in [-0.05, 0) is 28.1 Å². The lowest BCUT2D eigenvalue weighted by Crippen LogP contribution is -2.36. The van der Waals surface area contributed by atoms with E-state index in [-0.39, 0.29) is 17.7 Å². The molecule has 98 valence electrons. The molecule has 0 radical (unpaired) electrons. The third-order valence-corrected chi connectivity index (χ3v) is 2.66. The van der Waals surface area contributed by atoms with Crippen molar-refractivity contribution in [2.45, 2.75) is 13.8 Å². The van der Waals surface area contributed by atoms with Gasteiger partial charge in [-0.2, -0.15) is 0 Å². The number of halogens is 1. The lowest BCUT2D eigenvalue weighted by Gasteiger charge is -2.08. The molecule has 0 saturated heterocycles. The Morgan fingerprint density at radius 1 is 1.28 bits per heavy atom. The van der Waals surface area contributed by atoms with Crippen molar-refractivity contribution >= 4 is 27.7 Å².